The molecule has 2 nitrogen and oxygen atoms in total. The van der Waals surface area contributed by atoms with Gasteiger partial charge in [-0.2, -0.15) is 0 Å². The molecule has 0 aliphatic carbocycles. The molecule has 1 aliphatic heterocycles. The lowest BCUT2D eigenvalue weighted by molar-refractivity contribution is 0.139. The Morgan fingerprint density at radius 3 is 2.86 bits per heavy atom. The number of hydrogen-bond donors (Lipinski definition) is 1. The van der Waals surface area contributed by atoms with Crippen LogP contribution in [0.3, 0.4) is 0 Å². The Morgan fingerprint density at radius 1 is 1.43 bits per heavy atom. The van der Waals surface area contributed by atoms with Crippen molar-refractivity contribution in [2.24, 2.45) is 11.3 Å². The third kappa shape index (κ3) is 4.44. The number of benzene rings is 1. The van der Waals surface area contributed by atoms with Crippen LogP contribution < -0.4 is 10.1 Å². The van der Waals surface area contributed by atoms with Crippen LogP contribution in [-0.2, 0) is 6.42 Å². The van der Waals surface area contributed by atoms with Crippen molar-refractivity contribution in [2.45, 2.75) is 53.1 Å². The number of halogens is 1. The average Bonchev–Trinajstić information content (AvgIpc) is 2.79. The van der Waals surface area contributed by atoms with Gasteiger partial charge < -0.3 is 10.1 Å². The molecule has 0 saturated carbocycles. The molecular weight excluding hydrogens is 265 g/mol. The first-order valence-electron chi connectivity index (χ1n) is 8.07. The zero-order valence-corrected chi connectivity index (χ0v) is 13.7. The third-order valence-corrected chi connectivity index (χ3v) is 4.44. The van der Waals surface area contributed by atoms with E-state index in [0.29, 0.717) is 5.92 Å². The van der Waals surface area contributed by atoms with Gasteiger partial charge in [-0.3, -0.25) is 0 Å². The lowest BCUT2D eigenvalue weighted by atomic mass is 9.81. The summed E-state index contributed by atoms with van der Waals surface area (Å²) in [6.07, 6.45) is 3.12. The Labute approximate surface area is 128 Å². The maximum absolute atomic E-state index is 13.3. The maximum Gasteiger partial charge on any atom is 0.123 e. The van der Waals surface area contributed by atoms with Crippen molar-refractivity contribution in [2.75, 3.05) is 13.1 Å². The Morgan fingerprint density at radius 2 is 2.19 bits per heavy atom. The highest BCUT2D eigenvalue weighted by Gasteiger charge is 2.31. The van der Waals surface area contributed by atoms with E-state index in [1.165, 1.54) is 6.07 Å². The van der Waals surface area contributed by atoms with Crippen LogP contribution in [0, 0.1) is 17.2 Å². The highest BCUT2D eigenvalue weighted by atomic mass is 19.1. The van der Waals surface area contributed by atoms with Crippen LogP contribution in [0.2, 0.25) is 0 Å². The molecule has 0 fully saturated rings. The lowest BCUT2D eigenvalue weighted by Crippen LogP contribution is -2.37. The normalized spacial score (nSPS) is 20.2. The van der Waals surface area contributed by atoms with Gasteiger partial charge in [0.25, 0.3) is 0 Å². The summed E-state index contributed by atoms with van der Waals surface area (Å²) in [6.45, 7) is 11.0. The van der Waals surface area contributed by atoms with Crippen molar-refractivity contribution >= 4 is 0 Å². The molecule has 2 atom stereocenters. The van der Waals surface area contributed by atoms with Crippen LogP contribution in [0.15, 0.2) is 18.2 Å². The molecule has 0 amide bonds. The fourth-order valence-electron chi connectivity index (χ4n) is 2.96. The number of ether oxygens (including phenoxy) is 1. The summed E-state index contributed by atoms with van der Waals surface area (Å²) in [6, 6.07) is 4.84. The van der Waals surface area contributed by atoms with E-state index in [9.17, 15) is 4.39 Å². The number of hydrogen-bond acceptors (Lipinski definition) is 2. The molecule has 0 radical (unpaired) electrons. The predicted octanol–water partition coefficient (Wildman–Crippen LogP) is 4.18. The minimum absolute atomic E-state index is 0.171. The van der Waals surface area contributed by atoms with E-state index in [-0.39, 0.29) is 17.3 Å². The highest BCUT2D eigenvalue weighted by molar-refractivity contribution is 5.37. The van der Waals surface area contributed by atoms with Gasteiger partial charge in [0.15, 0.2) is 0 Å². The molecule has 0 spiro atoms. The second-order valence-corrected chi connectivity index (χ2v) is 7.09. The zero-order chi connectivity index (χ0) is 15.5. The summed E-state index contributed by atoms with van der Waals surface area (Å²) in [5, 5.41) is 3.57. The molecule has 0 aromatic heterocycles. The van der Waals surface area contributed by atoms with Gasteiger partial charge in [-0.05, 0) is 48.9 Å². The van der Waals surface area contributed by atoms with Gasteiger partial charge in [0, 0.05) is 18.5 Å². The molecule has 2 unspecified atom stereocenters. The lowest BCUT2D eigenvalue weighted by Gasteiger charge is -2.31. The number of fused-ring (bicyclic) bond motifs is 1. The average molecular weight is 293 g/mol. The molecule has 3 heteroatoms. The first-order valence-corrected chi connectivity index (χ1v) is 8.07. The molecule has 1 aromatic rings. The van der Waals surface area contributed by atoms with Crippen molar-refractivity contribution in [1.29, 1.82) is 0 Å². The molecule has 0 saturated heterocycles. The summed E-state index contributed by atoms with van der Waals surface area (Å²) < 4.78 is 19.3. The van der Waals surface area contributed by atoms with Crippen molar-refractivity contribution in [3.8, 4) is 5.75 Å². The molecule has 2 rings (SSSR count). The summed E-state index contributed by atoms with van der Waals surface area (Å²) in [4.78, 5) is 0. The van der Waals surface area contributed by atoms with Crippen LogP contribution in [-0.4, -0.2) is 19.2 Å². The zero-order valence-electron chi connectivity index (χ0n) is 13.7. The molecule has 1 heterocycles. The smallest absolute Gasteiger partial charge is 0.123 e. The topological polar surface area (TPSA) is 21.3 Å². The second kappa shape index (κ2) is 6.78. The summed E-state index contributed by atoms with van der Waals surface area (Å²) >= 11 is 0. The van der Waals surface area contributed by atoms with Crippen molar-refractivity contribution < 1.29 is 9.13 Å². The molecule has 1 aromatic carbocycles. The van der Waals surface area contributed by atoms with E-state index in [0.717, 1.165) is 43.7 Å². The highest BCUT2D eigenvalue weighted by Crippen LogP contribution is 2.36. The van der Waals surface area contributed by atoms with Gasteiger partial charge in [-0.25, -0.2) is 4.39 Å². The second-order valence-electron chi connectivity index (χ2n) is 7.09. The van der Waals surface area contributed by atoms with Gasteiger partial charge in [0.2, 0.25) is 0 Å². The van der Waals surface area contributed by atoms with Gasteiger partial charge in [0.1, 0.15) is 17.7 Å². The molecule has 118 valence electrons. The first-order chi connectivity index (χ1) is 9.92. The molecular formula is C18H28FNO. The van der Waals surface area contributed by atoms with Crippen molar-refractivity contribution in [3.63, 3.8) is 0 Å². The van der Waals surface area contributed by atoms with E-state index in [1.54, 1.807) is 12.1 Å². The van der Waals surface area contributed by atoms with Crippen molar-refractivity contribution in [1.82, 2.24) is 5.32 Å². The number of rotatable bonds is 7. The van der Waals surface area contributed by atoms with E-state index >= 15 is 0 Å². The third-order valence-electron chi connectivity index (χ3n) is 4.44. The Bertz CT molecular complexity index is 474. The molecule has 1 aliphatic rings. The maximum atomic E-state index is 13.3. The van der Waals surface area contributed by atoms with E-state index < -0.39 is 0 Å². The van der Waals surface area contributed by atoms with Crippen LogP contribution >= 0.6 is 0 Å². The Kier molecular flexibility index (Phi) is 5.26. The van der Waals surface area contributed by atoms with Gasteiger partial charge in [-0.1, -0.05) is 27.7 Å². The molecule has 0 bridgehead atoms. The Hall–Kier alpha value is -1.09. The SMILES string of the molecule is CCC(C)(CNCC(C)C)CC1Cc2cc(F)ccc2O1. The molecule has 1 N–H and O–H groups in total. The van der Waals surface area contributed by atoms with Crippen LogP contribution in [0.25, 0.3) is 0 Å². The predicted molar refractivity (Wildman–Crippen MR) is 85.2 cm³/mol. The largest absolute Gasteiger partial charge is 0.490 e. The van der Waals surface area contributed by atoms with Crippen molar-refractivity contribution in [3.05, 3.63) is 29.6 Å². The Balaban J connectivity index is 1.91. The minimum Gasteiger partial charge on any atom is -0.490 e. The van der Waals surface area contributed by atoms with E-state index in [1.807, 2.05) is 0 Å². The van der Waals surface area contributed by atoms with Crippen LogP contribution in [0.4, 0.5) is 4.39 Å². The standard InChI is InChI=1S/C18H28FNO/c1-5-18(4,12-20-11-13(2)3)10-16-9-14-8-15(19)6-7-17(14)21-16/h6-8,13,16,20H,5,9-12H2,1-4H3. The van der Waals surface area contributed by atoms with Gasteiger partial charge in [0.05, 0.1) is 0 Å². The monoisotopic (exact) mass is 293 g/mol. The summed E-state index contributed by atoms with van der Waals surface area (Å²) in [5.74, 6) is 1.35. The van der Waals surface area contributed by atoms with Crippen LogP contribution in [0.5, 0.6) is 5.75 Å². The van der Waals surface area contributed by atoms with E-state index in [4.69, 9.17) is 4.74 Å². The van der Waals surface area contributed by atoms with Crippen LogP contribution in [0.1, 0.15) is 46.1 Å². The fourth-order valence-corrected chi connectivity index (χ4v) is 2.96. The van der Waals surface area contributed by atoms with E-state index in [2.05, 4.69) is 33.0 Å². The first kappa shape index (κ1) is 16.3. The van der Waals surface area contributed by atoms with Gasteiger partial charge >= 0.3 is 0 Å². The minimum atomic E-state index is -0.171. The van der Waals surface area contributed by atoms with Gasteiger partial charge in [-0.15, -0.1) is 0 Å². The molecule has 21 heavy (non-hydrogen) atoms. The summed E-state index contributed by atoms with van der Waals surface area (Å²) in [5.41, 5.74) is 1.23. The quantitative estimate of drug-likeness (QED) is 0.814. The number of nitrogens with one attached hydrogen (secondary N) is 1. The fraction of sp³-hybridized carbons (Fsp3) is 0.667. The summed E-state index contributed by atoms with van der Waals surface area (Å²) in [7, 11) is 0.